The molecule has 6 nitrogen and oxygen atoms in total. The molecule has 0 amide bonds. The van der Waals surface area contributed by atoms with E-state index in [4.69, 9.17) is 0 Å². The summed E-state index contributed by atoms with van der Waals surface area (Å²) in [5, 5.41) is 0. The zero-order valence-electron chi connectivity index (χ0n) is 7.31. The summed E-state index contributed by atoms with van der Waals surface area (Å²) in [6.45, 7) is 3.81. The largest absolute Gasteiger partial charge is 0.529 e. The molecule has 0 aromatic heterocycles. The van der Waals surface area contributed by atoms with Crippen LogP contribution in [0.1, 0.15) is 13.8 Å². The Labute approximate surface area is 71.2 Å². The summed E-state index contributed by atoms with van der Waals surface area (Å²) < 4.78 is 24.2. The topological polar surface area (TPSA) is 63.2 Å². The third-order valence-corrected chi connectivity index (χ3v) is 1.77. The molecule has 0 radical (unpaired) electrons. The Hall–Kier alpha value is 0.0300. The van der Waals surface area contributed by atoms with Crippen LogP contribution in [0.3, 0.4) is 0 Å². The molecule has 0 saturated heterocycles. The van der Waals surface area contributed by atoms with Crippen molar-refractivity contribution in [2.45, 2.75) is 13.8 Å². The smallest absolute Gasteiger partial charge is 0.287 e. The van der Waals surface area contributed by atoms with Crippen molar-refractivity contribution in [2.75, 3.05) is 20.3 Å². The number of rotatable bonds is 7. The van der Waals surface area contributed by atoms with Gasteiger partial charge in [0.2, 0.25) is 0 Å². The Morgan fingerprint density at radius 3 is 1.75 bits per heavy atom. The van der Waals surface area contributed by atoms with Gasteiger partial charge < -0.3 is 0 Å². The van der Waals surface area contributed by atoms with E-state index >= 15 is 0 Å². The summed E-state index contributed by atoms with van der Waals surface area (Å²) in [7, 11) is -2.51. The van der Waals surface area contributed by atoms with E-state index in [-0.39, 0.29) is 13.2 Å². The summed E-state index contributed by atoms with van der Waals surface area (Å²) in [5.41, 5.74) is 0. The van der Waals surface area contributed by atoms with Crippen LogP contribution >= 0.6 is 7.82 Å². The summed E-state index contributed by atoms with van der Waals surface area (Å²) in [6, 6.07) is 0. The van der Waals surface area contributed by atoms with E-state index in [1.807, 2.05) is 0 Å². The predicted octanol–water partition coefficient (Wildman–Crippen LogP) is 1.68. The van der Waals surface area contributed by atoms with E-state index in [2.05, 4.69) is 23.6 Å². The van der Waals surface area contributed by atoms with Gasteiger partial charge in [0.25, 0.3) is 0 Å². The summed E-state index contributed by atoms with van der Waals surface area (Å²) >= 11 is 0. The van der Waals surface area contributed by atoms with Crippen LogP contribution in [0, 0.1) is 0 Å². The van der Waals surface area contributed by atoms with Crippen LogP contribution in [-0.2, 0) is 28.2 Å². The van der Waals surface area contributed by atoms with Gasteiger partial charge in [-0.3, -0.25) is 4.52 Å². The normalized spacial score (nSPS) is 11.9. The number of hydrogen-bond donors (Lipinski definition) is 0. The highest BCUT2D eigenvalue weighted by Crippen LogP contribution is 2.48. The maximum absolute atomic E-state index is 11.2. The van der Waals surface area contributed by atoms with Gasteiger partial charge in [-0.2, -0.15) is 0 Å². The highest BCUT2D eigenvalue weighted by molar-refractivity contribution is 7.48. The second-order valence-electron chi connectivity index (χ2n) is 1.59. The molecule has 0 atom stereocenters. The van der Waals surface area contributed by atoms with E-state index in [1.54, 1.807) is 13.8 Å². The molecule has 0 aromatic carbocycles. The van der Waals surface area contributed by atoms with Gasteiger partial charge in [-0.25, -0.2) is 14.3 Å². The minimum Gasteiger partial charge on any atom is -0.287 e. The van der Waals surface area contributed by atoms with Crippen molar-refractivity contribution in [3.8, 4) is 0 Å². The molecule has 0 spiro atoms. The number of hydrogen-bond acceptors (Lipinski definition) is 6. The minimum absolute atomic E-state index is 0.239. The molecule has 0 aliphatic carbocycles. The molecule has 7 heteroatoms. The Balaban J connectivity index is 3.79. The Bertz CT molecular complexity index is 137. The van der Waals surface area contributed by atoms with E-state index in [0.29, 0.717) is 0 Å². The van der Waals surface area contributed by atoms with Crippen molar-refractivity contribution in [2.24, 2.45) is 0 Å². The van der Waals surface area contributed by atoms with Gasteiger partial charge in [-0.15, -0.1) is 9.35 Å². The van der Waals surface area contributed by atoms with Crippen LogP contribution in [-0.4, -0.2) is 20.3 Å². The zero-order chi connectivity index (χ0) is 9.45. The fourth-order valence-corrected chi connectivity index (χ4v) is 0.923. The maximum Gasteiger partial charge on any atom is 0.529 e. The van der Waals surface area contributed by atoms with Gasteiger partial charge in [0.05, 0.1) is 13.2 Å². The van der Waals surface area contributed by atoms with Crippen LogP contribution in [0.4, 0.5) is 0 Å². The molecule has 0 saturated carbocycles. The van der Waals surface area contributed by atoms with E-state index < -0.39 is 7.82 Å². The molecule has 0 heterocycles. The van der Waals surface area contributed by atoms with Gasteiger partial charge in [0.15, 0.2) is 0 Å². The van der Waals surface area contributed by atoms with Crippen molar-refractivity contribution in [1.29, 1.82) is 0 Å². The van der Waals surface area contributed by atoms with Gasteiger partial charge in [-0.05, 0) is 13.8 Å². The Morgan fingerprint density at radius 2 is 1.50 bits per heavy atom. The van der Waals surface area contributed by atoms with Crippen molar-refractivity contribution >= 4 is 7.82 Å². The molecule has 74 valence electrons. The SMILES string of the molecule is CCOOP(=O)(OC)OOCC. The molecule has 0 bridgehead atoms. The van der Waals surface area contributed by atoms with E-state index in [9.17, 15) is 4.57 Å². The first-order valence-electron chi connectivity index (χ1n) is 3.46. The molecule has 0 aromatic rings. The van der Waals surface area contributed by atoms with Crippen molar-refractivity contribution in [3.05, 3.63) is 0 Å². The van der Waals surface area contributed by atoms with Crippen LogP contribution in [0.25, 0.3) is 0 Å². The highest BCUT2D eigenvalue weighted by Gasteiger charge is 2.27. The first-order chi connectivity index (χ1) is 5.68. The standard InChI is InChI=1S/C5H13O6P/c1-4-8-10-12(6,7-3)11-9-5-2/h4-5H2,1-3H3. The van der Waals surface area contributed by atoms with Crippen LogP contribution in [0.2, 0.25) is 0 Å². The lowest BCUT2D eigenvalue weighted by molar-refractivity contribution is -0.277. The minimum atomic E-state index is -3.68. The van der Waals surface area contributed by atoms with Gasteiger partial charge in [-0.1, -0.05) is 0 Å². The molecule has 0 unspecified atom stereocenters. The first-order valence-corrected chi connectivity index (χ1v) is 4.92. The molecular formula is C5H13O6P. The fraction of sp³-hybridized carbons (Fsp3) is 1.00. The van der Waals surface area contributed by atoms with Crippen LogP contribution in [0.15, 0.2) is 0 Å². The second-order valence-corrected chi connectivity index (χ2v) is 3.15. The lowest BCUT2D eigenvalue weighted by atomic mass is 10.9. The average Bonchev–Trinajstić information content (AvgIpc) is 2.11. The average molecular weight is 200 g/mol. The van der Waals surface area contributed by atoms with Gasteiger partial charge >= 0.3 is 7.82 Å². The number of phosphoric acid groups is 1. The molecule has 0 fully saturated rings. The molecular weight excluding hydrogens is 187 g/mol. The quantitative estimate of drug-likeness (QED) is 0.354. The zero-order valence-corrected chi connectivity index (χ0v) is 8.21. The van der Waals surface area contributed by atoms with E-state index in [1.165, 1.54) is 7.11 Å². The van der Waals surface area contributed by atoms with E-state index in [0.717, 1.165) is 0 Å². The third-order valence-electron chi connectivity index (χ3n) is 0.747. The maximum atomic E-state index is 11.2. The Morgan fingerprint density at radius 1 is 1.08 bits per heavy atom. The summed E-state index contributed by atoms with van der Waals surface area (Å²) in [6.07, 6.45) is 0. The first kappa shape index (κ1) is 12.0. The molecule has 0 aliphatic rings. The molecule has 12 heavy (non-hydrogen) atoms. The summed E-state index contributed by atoms with van der Waals surface area (Å²) in [5.74, 6) is 0. The lowest BCUT2D eigenvalue weighted by Crippen LogP contribution is -1.99. The van der Waals surface area contributed by atoms with Crippen LogP contribution in [0.5, 0.6) is 0 Å². The molecule has 0 rings (SSSR count). The molecule has 0 aliphatic heterocycles. The predicted molar refractivity (Wildman–Crippen MR) is 40.0 cm³/mol. The van der Waals surface area contributed by atoms with Crippen LogP contribution < -0.4 is 0 Å². The molecule has 0 N–H and O–H groups in total. The van der Waals surface area contributed by atoms with Crippen molar-refractivity contribution in [1.82, 2.24) is 0 Å². The second kappa shape index (κ2) is 6.54. The third kappa shape index (κ3) is 4.82. The van der Waals surface area contributed by atoms with Gasteiger partial charge in [0.1, 0.15) is 0 Å². The van der Waals surface area contributed by atoms with Crippen molar-refractivity contribution in [3.63, 3.8) is 0 Å². The monoisotopic (exact) mass is 200 g/mol. The van der Waals surface area contributed by atoms with Gasteiger partial charge in [0, 0.05) is 7.11 Å². The summed E-state index contributed by atoms with van der Waals surface area (Å²) in [4.78, 5) is 8.79. The highest BCUT2D eigenvalue weighted by atomic mass is 31.2. The lowest BCUT2D eigenvalue weighted by Gasteiger charge is -2.11. The van der Waals surface area contributed by atoms with Crippen molar-refractivity contribution < 1.29 is 28.2 Å². The fourth-order valence-electron chi connectivity index (χ4n) is 0.308. The Kier molecular flexibility index (Phi) is 6.55.